The predicted octanol–water partition coefficient (Wildman–Crippen LogP) is 1.90. The molecule has 3 rings (SSSR count). The topological polar surface area (TPSA) is 53.0 Å². The summed E-state index contributed by atoms with van der Waals surface area (Å²) < 4.78 is 5.63. The van der Waals surface area contributed by atoms with Crippen molar-refractivity contribution in [2.75, 3.05) is 32.8 Å². The number of carbonyl (C=O) groups excluding carboxylic acids is 1. The fraction of sp³-hybridized carbons (Fsp3) is 0.632. The van der Waals surface area contributed by atoms with Crippen LogP contribution in [-0.2, 0) is 4.79 Å². The molecule has 5 nitrogen and oxygen atoms in total. The lowest BCUT2D eigenvalue weighted by Crippen LogP contribution is -2.46. The lowest BCUT2D eigenvalue weighted by molar-refractivity contribution is -0.130. The van der Waals surface area contributed by atoms with Gasteiger partial charge in [-0.15, -0.1) is 0 Å². The van der Waals surface area contributed by atoms with Gasteiger partial charge in [-0.2, -0.15) is 0 Å². The van der Waals surface area contributed by atoms with Crippen molar-refractivity contribution in [3.05, 3.63) is 30.3 Å². The quantitative estimate of drug-likeness (QED) is 0.809. The molecule has 2 heterocycles. The Hall–Kier alpha value is -1.59. The molecule has 132 valence electrons. The monoisotopic (exact) mass is 332 g/mol. The van der Waals surface area contributed by atoms with Gasteiger partial charge in [-0.1, -0.05) is 24.6 Å². The predicted molar refractivity (Wildman–Crippen MR) is 93.0 cm³/mol. The van der Waals surface area contributed by atoms with Crippen molar-refractivity contribution < 1.29 is 14.6 Å². The molecule has 1 aromatic rings. The first-order valence-electron chi connectivity index (χ1n) is 9.12. The van der Waals surface area contributed by atoms with Crippen LogP contribution in [0.4, 0.5) is 0 Å². The second-order valence-electron chi connectivity index (χ2n) is 6.80. The minimum Gasteiger partial charge on any atom is -0.494 e. The van der Waals surface area contributed by atoms with Crippen LogP contribution in [0.2, 0.25) is 0 Å². The number of amides is 1. The van der Waals surface area contributed by atoms with Crippen molar-refractivity contribution in [3.8, 4) is 5.75 Å². The van der Waals surface area contributed by atoms with Crippen molar-refractivity contribution >= 4 is 5.91 Å². The van der Waals surface area contributed by atoms with Crippen molar-refractivity contribution in [1.29, 1.82) is 0 Å². The first-order chi connectivity index (χ1) is 11.7. The van der Waals surface area contributed by atoms with Gasteiger partial charge in [0.05, 0.1) is 18.8 Å². The Labute approximate surface area is 144 Å². The lowest BCUT2D eigenvalue weighted by Gasteiger charge is -2.33. The number of rotatable bonds is 6. The number of piperidine rings is 1. The number of carbonyl (C=O) groups is 1. The number of aliphatic hydroxyl groups is 1. The third-order valence-corrected chi connectivity index (χ3v) is 5.02. The highest BCUT2D eigenvalue weighted by Gasteiger charge is 2.37. The van der Waals surface area contributed by atoms with E-state index in [1.807, 2.05) is 35.2 Å². The molecule has 0 radical (unpaired) electrons. The van der Waals surface area contributed by atoms with E-state index < -0.39 is 6.10 Å². The summed E-state index contributed by atoms with van der Waals surface area (Å²) in [6, 6.07) is 9.78. The van der Waals surface area contributed by atoms with Crippen LogP contribution in [0.3, 0.4) is 0 Å². The molecule has 2 saturated heterocycles. The Balaban J connectivity index is 1.39. The van der Waals surface area contributed by atoms with Gasteiger partial charge < -0.3 is 14.7 Å². The van der Waals surface area contributed by atoms with E-state index in [0.29, 0.717) is 32.5 Å². The highest BCUT2D eigenvalue weighted by atomic mass is 16.5. The maximum absolute atomic E-state index is 12.4. The second kappa shape index (κ2) is 8.49. The summed E-state index contributed by atoms with van der Waals surface area (Å²) in [7, 11) is 0. The maximum Gasteiger partial charge on any atom is 0.222 e. The Bertz CT molecular complexity index is 517. The van der Waals surface area contributed by atoms with E-state index in [4.69, 9.17) is 4.74 Å². The van der Waals surface area contributed by atoms with Crippen molar-refractivity contribution in [3.63, 3.8) is 0 Å². The number of ether oxygens (including phenoxy) is 1. The van der Waals surface area contributed by atoms with Crippen LogP contribution in [0.15, 0.2) is 30.3 Å². The summed E-state index contributed by atoms with van der Waals surface area (Å²) >= 11 is 0. The van der Waals surface area contributed by atoms with E-state index in [2.05, 4.69) is 4.90 Å². The number of likely N-dealkylation sites (tertiary alicyclic amines) is 2. The van der Waals surface area contributed by atoms with Gasteiger partial charge in [0.1, 0.15) is 5.75 Å². The summed E-state index contributed by atoms with van der Waals surface area (Å²) in [5, 5.41) is 10.3. The maximum atomic E-state index is 12.4. The Morgan fingerprint density at radius 1 is 1.12 bits per heavy atom. The van der Waals surface area contributed by atoms with Gasteiger partial charge in [0.25, 0.3) is 0 Å². The molecule has 0 bridgehead atoms. The SMILES string of the molecule is O=C(CCCOc1ccccc1)N1C[C@@H](O)[C@H](N2CCCCC2)C1. The molecule has 0 spiro atoms. The molecule has 2 atom stereocenters. The molecule has 1 N–H and O–H groups in total. The van der Waals surface area contributed by atoms with Crippen molar-refractivity contribution in [2.24, 2.45) is 0 Å². The Morgan fingerprint density at radius 3 is 2.62 bits per heavy atom. The second-order valence-corrected chi connectivity index (χ2v) is 6.80. The number of aliphatic hydroxyl groups excluding tert-OH is 1. The van der Waals surface area contributed by atoms with E-state index in [0.717, 1.165) is 18.8 Å². The lowest BCUT2D eigenvalue weighted by atomic mass is 10.1. The van der Waals surface area contributed by atoms with Gasteiger partial charge in [-0.25, -0.2) is 0 Å². The molecule has 1 amide bonds. The molecule has 0 unspecified atom stereocenters. The zero-order chi connectivity index (χ0) is 16.8. The highest BCUT2D eigenvalue weighted by Crippen LogP contribution is 2.21. The third-order valence-electron chi connectivity index (χ3n) is 5.02. The van der Waals surface area contributed by atoms with E-state index in [1.165, 1.54) is 19.3 Å². The van der Waals surface area contributed by atoms with Crippen molar-refractivity contribution in [1.82, 2.24) is 9.80 Å². The first kappa shape index (κ1) is 17.2. The van der Waals surface area contributed by atoms with Gasteiger partial charge in [0.2, 0.25) is 5.91 Å². The number of para-hydroxylation sites is 1. The molecule has 1 aromatic carbocycles. The zero-order valence-corrected chi connectivity index (χ0v) is 14.3. The molecule has 5 heteroatoms. The summed E-state index contributed by atoms with van der Waals surface area (Å²) in [5.74, 6) is 0.969. The van der Waals surface area contributed by atoms with Crippen LogP contribution in [-0.4, -0.2) is 65.7 Å². The van der Waals surface area contributed by atoms with Gasteiger partial charge in [-0.3, -0.25) is 9.69 Å². The van der Waals surface area contributed by atoms with Crippen LogP contribution in [0, 0.1) is 0 Å². The molecule has 24 heavy (non-hydrogen) atoms. The fourth-order valence-corrected chi connectivity index (χ4v) is 3.67. The number of β-amino-alcohol motifs (C(OH)–C–C–N with tert-alkyl or cyclic N) is 1. The molecular weight excluding hydrogens is 304 g/mol. The summed E-state index contributed by atoms with van der Waals surface area (Å²) in [4.78, 5) is 16.6. The molecule has 2 aliphatic heterocycles. The average molecular weight is 332 g/mol. The molecule has 0 aromatic heterocycles. The first-order valence-corrected chi connectivity index (χ1v) is 9.12. The Morgan fingerprint density at radius 2 is 1.88 bits per heavy atom. The number of benzene rings is 1. The molecule has 2 aliphatic rings. The van der Waals surface area contributed by atoms with E-state index in [1.54, 1.807) is 0 Å². The van der Waals surface area contributed by atoms with Crippen molar-refractivity contribution in [2.45, 2.75) is 44.2 Å². The normalized spacial score (nSPS) is 25.0. The standard InChI is InChI=1S/C19H28N2O3/c22-18-15-21(14-17(18)20-11-5-2-6-12-20)19(23)10-7-13-24-16-8-3-1-4-9-16/h1,3-4,8-9,17-18,22H,2,5-7,10-15H2/t17-,18-/m1/s1. The molecule has 2 fully saturated rings. The van der Waals surface area contributed by atoms with Crippen LogP contribution >= 0.6 is 0 Å². The fourth-order valence-electron chi connectivity index (χ4n) is 3.67. The molecule has 0 saturated carbocycles. The number of nitrogens with zero attached hydrogens (tertiary/aromatic N) is 2. The number of hydrogen-bond acceptors (Lipinski definition) is 4. The summed E-state index contributed by atoms with van der Waals surface area (Å²) in [6.07, 6.45) is 4.46. The summed E-state index contributed by atoms with van der Waals surface area (Å²) in [6.45, 7) is 3.78. The van der Waals surface area contributed by atoms with Gasteiger partial charge in [-0.05, 0) is 44.5 Å². The minimum atomic E-state index is -0.410. The number of hydrogen-bond donors (Lipinski definition) is 1. The highest BCUT2D eigenvalue weighted by molar-refractivity contribution is 5.76. The van der Waals surface area contributed by atoms with Gasteiger partial charge in [0.15, 0.2) is 0 Å². The van der Waals surface area contributed by atoms with Crippen LogP contribution < -0.4 is 4.74 Å². The zero-order valence-electron chi connectivity index (χ0n) is 14.3. The van der Waals surface area contributed by atoms with Crippen LogP contribution in [0.25, 0.3) is 0 Å². The largest absolute Gasteiger partial charge is 0.494 e. The molecular formula is C19H28N2O3. The smallest absolute Gasteiger partial charge is 0.222 e. The van der Waals surface area contributed by atoms with E-state index in [9.17, 15) is 9.90 Å². The molecule has 0 aliphatic carbocycles. The van der Waals surface area contributed by atoms with Gasteiger partial charge in [0, 0.05) is 19.5 Å². The van der Waals surface area contributed by atoms with Gasteiger partial charge >= 0.3 is 0 Å². The summed E-state index contributed by atoms with van der Waals surface area (Å²) in [5.41, 5.74) is 0. The van der Waals surface area contributed by atoms with Crippen LogP contribution in [0.1, 0.15) is 32.1 Å². The third kappa shape index (κ3) is 4.48. The van der Waals surface area contributed by atoms with E-state index in [-0.39, 0.29) is 11.9 Å². The minimum absolute atomic E-state index is 0.120. The Kier molecular flexibility index (Phi) is 6.10. The average Bonchev–Trinajstić information content (AvgIpc) is 3.02. The van der Waals surface area contributed by atoms with E-state index >= 15 is 0 Å². The van der Waals surface area contributed by atoms with Crippen LogP contribution in [0.5, 0.6) is 5.75 Å².